The summed E-state index contributed by atoms with van der Waals surface area (Å²) in [6, 6.07) is 6.50. The Labute approximate surface area is 151 Å². The molecule has 0 aromatic heterocycles. The Morgan fingerprint density at radius 1 is 1.24 bits per heavy atom. The Balaban J connectivity index is 3.05. The van der Waals surface area contributed by atoms with Crippen molar-refractivity contribution in [2.75, 3.05) is 13.2 Å². The molecule has 0 fully saturated rings. The molecule has 0 radical (unpaired) electrons. The molecule has 1 unspecified atom stereocenters. The van der Waals surface area contributed by atoms with Gasteiger partial charge in [-0.3, -0.25) is 4.79 Å². The van der Waals surface area contributed by atoms with Gasteiger partial charge in [0.05, 0.1) is 0 Å². The van der Waals surface area contributed by atoms with Crippen molar-refractivity contribution in [1.29, 1.82) is 0 Å². The zero-order valence-electron chi connectivity index (χ0n) is 15.8. The van der Waals surface area contributed by atoms with E-state index in [0.29, 0.717) is 13.1 Å². The summed E-state index contributed by atoms with van der Waals surface area (Å²) >= 11 is 0. The molecule has 3 nitrogen and oxygen atoms in total. The van der Waals surface area contributed by atoms with E-state index in [1.54, 1.807) is 0 Å². The SMILES string of the molecule is C/C=C\c1cc(C(C)/C=C(\C)COC=O)ccc1/C=C(\C)CCCO. The van der Waals surface area contributed by atoms with Gasteiger partial charge in [0.15, 0.2) is 0 Å². The van der Waals surface area contributed by atoms with E-state index in [9.17, 15) is 4.79 Å². The number of ether oxygens (including phenoxy) is 1. The van der Waals surface area contributed by atoms with E-state index in [4.69, 9.17) is 9.84 Å². The molecule has 1 N–H and O–H groups in total. The molecular formula is C22H30O3. The molecule has 0 saturated heterocycles. The minimum absolute atomic E-state index is 0.225. The Morgan fingerprint density at radius 3 is 2.64 bits per heavy atom. The normalized spacial score (nSPS) is 14.0. The molecule has 0 bridgehead atoms. The number of aliphatic hydroxyl groups is 1. The fraction of sp³-hybridized carbons (Fsp3) is 0.409. The zero-order valence-corrected chi connectivity index (χ0v) is 15.8. The first-order chi connectivity index (χ1) is 12.0. The lowest BCUT2D eigenvalue weighted by atomic mass is 9.93. The minimum atomic E-state index is 0.225. The third-order valence-electron chi connectivity index (χ3n) is 4.03. The van der Waals surface area contributed by atoms with E-state index >= 15 is 0 Å². The smallest absolute Gasteiger partial charge is 0.293 e. The summed E-state index contributed by atoms with van der Waals surface area (Å²) in [5.74, 6) is 0.243. The first-order valence-electron chi connectivity index (χ1n) is 8.79. The van der Waals surface area contributed by atoms with Crippen molar-refractivity contribution in [2.24, 2.45) is 0 Å². The maximum absolute atomic E-state index is 10.3. The number of carbonyl (C=O) groups is 1. The molecule has 1 aromatic rings. The second-order valence-electron chi connectivity index (χ2n) is 6.42. The number of carbonyl (C=O) groups excluding carboxylic acids is 1. The highest BCUT2D eigenvalue weighted by atomic mass is 16.5. The fourth-order valence-corrected chi connectivity index (χ4v) is 2.76. The largest absolute Gasteiger partial charge is 0.463 e. The molecule has 0 amide bonds. The average molecular weight is 342 g/mol. The maximum Gasteiger partial charge on any atom is 0.293 e. The van der Waals surface area contributed by atoms with Gasteiger partial charge in [-0.15, -0.1) is 0 Å². The van der Waals surface area contributed by atoms with Crippen LogP contribution in [0.25, 0.3) is 12.2 Å². The van der Waals surface area contributed by atoms with E-state index in [2.05, 4.69) is 50.3 Å². The number of benzene rings is 1. The minimum Gasteiger partial charge on any atom is -0.463 e. The standard InChI is InChI=1S/C22H30O3/c1-5-7-21-14-20(19(4)12-18(3)15-25-16-24)9-10-22(21)13-17(2)8-6-11-23/h5,7,9-10,12-14,16,19,23H,6,8,11,15H2,1-4H3/b7-5-,17-13+,18-12+. The predicted molar refractivity (Wildman–Crippen MR) is 105 cm³/mol. The molecule has 1 atom stereocenters. The van der Waals surface area contributed by atoms with Crippen LogP contribution in [0.1, 0.15) is 63.1 Å². The molecule has 0 spiro atoms. The Kier molecular flexibility index (Phi) is 9.56. The summed E-state index contributed by atoms with van der Waals surface area (Å²) in [6.07, 6.45) is 10.2. The van der Waals surface area contributed by atoms with Crippen LogP contribution in [0.3, 0.4) is 0 Å². The third-order valence-corrected chi connectivity index (χ3v) is 4.03. The molecule has 0 aliphatic carbocycles. The van der Waals surface area contributed by atoms with Crippen LogP contribution in [0.2, 0.25) is 0 Å². The summed E-state index contributed by atoms with van der Waals surface area (Å²) < 4.78 is 4.80. The molecule has 1 rings (SSSR count). The molecule has 0 heterocycles. The lowest BCUT2D eigenvalue weighted by Crippen LogP contribution is -1.97. The second kappa shape index (κ2) is 11.4. The number of hydrogen-bond donors (Lipinski definition) is 1. The molecule has 136 valence electrons. The van der Waals surface area contributed by atoms with E-state index in [1.807, 2.05) is 19.9 Å². The molecular weight excluding hydrogens is 312 g/mol. The quantitative estimate of drug-likeness (QED) is 0.474. The fourth-order valence-electron chi connectivity index (χ4n) is 2.76. The third kappa shape index (κ3) is 7.53. The predicted octanol–water partition coefficient (Wildman–Crippen LogP) is 5.12. The van der Waals surface area contributed by atoms with Crippen LogP contribution in [-0.2, 0) is 9.53 Å². The van der Waals surface area contributed by atoms with Crippen molar-refractivity contribution in [3.8, 4) is 0 Å². The Hall–Kier alpha value is -2.13. The first kappa shape index (κ1) is 20.9. The topological polar surface area (TPSA) is 46.5 Å². The number of rotatable bonds is 10. The molecule has 3 heteroatoms. The van der Waals surface area contributed by atoms with Gasteiger partial charge >= 0.3 is 0 Å². The van der Waals surface area contributed by atoms with Gasteiger partial charge in [0.1, 0.15) is 6.61 Å². The van der Waals surface area contributed by atoms with Crippen molar-refractivity contribution in [2.45, 2.75) is 46.5 Å². The van der Waals surface area contributed by atoms with Gasteiger partial charge in [0.2, 0.25) is 0 Å². The van der Waals surface area contributed by atoms with Crippen LogP contribution >= 0.6 is 0 Å². The summed E-state index contributed by atoms with van der Waals surface area (Å²) in [6.45, 7) is 9.26. The van der Waals surface area contributed by atoms with Gasteiger partial charge in [-0.2, -0.15) is 0 Å². The van der Waals surface area contributed by atoms with Gasteiger partial charge in [-0.1, -0.05) is 55.0 Å². The molecule has 0 aliphatic heterocycles. The lowest BCUT2D eigenvalue weighted by molar-refractivity contribution is -0.127. The second-order valence-corrected chi connectivity index (χ2v) is 6.42. The molecule has 25 heavy (non-hydrogen) atoms. The van der Waals surface area contributed by atoms with Crippen molar-refractivity contribution in [1.82, 2.24) is 0 Å². The molecule has 0 aliphatic rings. The van der Waals surface area contributed by atoms with Crippen LogP contribution in [0.15, 0.2) is 41.5 Å². The average Bonchev–Trinajstić information content (AvgIpc) is 2.59. The summed E-state index contributed by atoms with van der Waals surface area (Å²) in [4.78, 5) is 10.3. The van der Waals surface area contributed by atoms with Gasteiger partial charge in [-0.05, 0) is 61.8 Å². The maximum atomic E-state index is 10.3. The van der Waals surface area contributed by atoms with Crippen molar-refractivity contribution in [3.05, 3.63) is 58.2 Å². The Morgan fingerprint density at radius 2 is 2.00 bits per heavy atom. The summed E-state index contributed by atoms with van der Waals surface area (Å²) in [7, 11) is 0. The van der Waals surface area contributed by atoms with E-state index in [0.717, 1.165) is 18.4 Å². The Bertz CT molecular complexity index is 639. The zero-order chi connectivity index (χ0) is 18.7. The van der Waals surface area contributed by atoms with E-state index in [-0.39, 0.29) is 12.5 Å². The monoisotopic (exact) mass is 342 g/mol. The van der Waals surface area contributed by atoms with E-state index < -0.39 is 0 Å². The molecule has 1 aromatic carbocycles. The van der Waals surface area contributed by atoms with Gasteiger partial charge < -0.3 is 9.84 Å². The number of aliphatic hydroxyl groups excluding tert-OH is 1. The van der Waals surface area contributed by atoms with Crippen LogP contribution in [-0.4, -0.2) is 24.8 Å². The number of allylic oxidation sites excluding steroid dienone is 3. The van der Waals surface area contributed by atoms with Crippen LogP contribution in [0.4, 0.5) is 0 Å². The summed E-state index contributed by atoms with van der Waals surface area (Å²) in [5, 5.41) is 8.97. The lowest BCUT2D eigenvalue weighted by Gasteiger charge is -2.12. The molecule has 0 saturated carbocycles. The van der Waals surface area contributed by atoms with Gasteiger partial charge in [0.25, 0.3) is 6.47 Å². The van der Waals surface area contributed by atoms with Crippen molar-refractivity contribution < 1.29 is 14.6 Å². The first-order valence-corrected chi connectivity index (χ1v) is 8.79. The summed E-state index contributed by atoms with van der Waals surface area (Å²) in [5.41, 5.74) is 5.90. The van der Waals surface area contributed by atoms with Crippen LogP contribution < -0.4 is 0 Å². The highest BCUT2D eigenvalue weighted by molar-refractivity contribution is 5.67. The van der Waals surface area contributed by atoms with Gasteiger partial charge in [0, 0.05) is 6.61 Å². The van der Waals surface area contributed by atoms with Crippen LogP contribution in [0, 0.1) is 0 Å². The van der Waals surface area contributed by atoms with E-state index in [1.165, 1.54) is 22.3 Å². The number of hydrogen-bond acceptors (Lipinski definition) is 3. The van der Waals surface area contributed by atoms with Crippen molar-refractivity contribution in [3.63, 3.8) is 0 Å². The van der Waals surface area contributed by atoms with Crippen molar-refractivity contribution >= 4 is 18.6 Å². The van der Waals surface area contributed by atoms with Gasteiger partial charge in [-0.25, -0.2) is 0 Å². The van der Waals surface area contributed by atoms with Crippen LogP contribution in [0.5, 0.6) is 0 Å². The highest BCUT2D eigenvalue weighted by Crippen LogP contribution is 2.25. The highest BCUT2D eigenvalue weighted by Gasteiger charge is 2.07.